The topological polar surface area (TPSA) is 70.6 Å². The molecule has 0 saturated carbocycles. The van der Waals surface area contributed by atoms with Crippen molar-refractivity contribution >= 4 is 32.9 Å². The SMILES string of the molecule is Cc1ccccc1-c1cc2c3c([nH]c2nn1)CCN(c1ncc(Br)cn1)[C@@H]3C. The van der Waals surface area contributed by atoms with Crippen molar-refractivity contribution in [2.24, 2.45) is 0 Å². The van der Waals surface area contributed by atoms with Gasteiger partial charge in [0.1, 0.15) is 0 Å². The lowest BCUT2D eigenvalue weighted by Gasteiger charge is -2.33. The first-order chi connectivity index (χ1) is 13.6. The second-order valence-electron chi connectivity index (χ2n) is 7.14. The second kappa shape index (κ2) is 6.67. The van der Waals surface area contributed by atoms with Crippen molar-refractivity contribution in [1.82, 2.24) is 25.1 Å². The molecule has 0 amide bonds. The molecule has 1 aliphatic heterocycles. The maximum atomic E-state index is 4.50. The lowest BCUT2D eigenvalue weighted by atomic mass is 9.97. The Morgan fingerprint density at radius 3 is 2.71 bits per heavy atom. The van der Waals surface area contributed by atoms with Gasteiger partial charge in [0.25, 0.3) is 0 Å². The summed E-state index contributed by atoms with van der Waals surface area (Å²) in [6, 6.07) is 10.6. The first-order valence-corrected chi connectivity index (χ1v) is 10.1. The third-order valence-corrected chi connectivity index (χ3v) is 5.86. The maximum absolute atomic E-state index is 4.50. The average molecular weight is 435 g/mol. The number of nitrogens with one attached hydrogen (secondary N) is 1. The quantitative estimate of drug-likeness (QED) is 0.498. The zero-order valence-corrected chi connectivity index (χ0v) is 17.2. The molecule has 0 aliphatic carbocycles. The Labute approximate surface area is 171 Å². The van der Waals surface area contributed by atoms with Crippen LogP contribution in [0, 0.1) is 6.92 Å². The summed E-state index contributed by atoms with van der Waals surface area (Å²) in [5.74, 6) is 0.747. The van der Waals surface area contributed by atoms with E-state index < -0.39 is 0 Å². The molecule has 28 heavy (non-hydrogen) atoms. The molecule has 0 spiro atoms. The van der Waals surface area contributed by atoms with Crippen LogP contribution in [-0.2, 0) is 6.42 Å². The molecule has 5 rings (SSSR count). The first-order valence-electron chi connectivity index (χ1n) is 9.30. The Balaban J connectivity index is 1.61. The number of aryl methyl sites for hydroxylation is 1. The Hall–Kier alpha value is -2.80. The van der Waals surface area contributed by atoms with Gasteiger partial charge in [-0.05, 0) is 41.4 Å². The third-order valence-electron chi connectivity index (χ3n) is 5.45. The van der Waals surface area contributed by atoms with Crippen LogP contribution in [0.15, 0.2) is 47.2 Å². The van der Waals surface area contributed by atoms with Gasteiger partial charge in [-0.1, -0.05) is 24.3 Å². The van der Waals surface area contributed by atoms with Gasteiger partial charge in [-0.25, -0.2) is 9.97 Å². The van der Waals surface area contributed by atoms with Crippen LogP contribution in [0.25, 0.3) is 22.3 Å². The van der Waals surface area contributed by atoms with E-state index in [1.165, 1.54) is 16.8 Å². The summed E-state index contributed by atoms with van der Waals surface area (Å²) in [7, 11) is 0. The number of aromatic nitrogens is 5. The van der Waals surface area contributed by atoms with Crippen molar-refractivity contribution in [2.75, 3.05) is 11.4 Å². The first kappa shape index (κ1) is 17.3. The lowest BCUT2D eigenvalue weighted by molar-refractivity contribution is 0.607. The third kappa shape index (κ3) is 2.77. The fourth-order valence-electron chi connectivity index (χ4n) is 4.04. The molecule has 6 nitrogen and oxygen atoms in total. The minimum absolute atomic E-state index is 0.146. The Bertz CT molecular complexity index is 1170. The fourth-order valence-corrected chi connectivity index (χ4v) is 4.24. The van der Waals surface area contributed by atoms with E-state index in [-0.39, 0.29) is 6.04 Å². The molecule has 1 N–H and O–H groups in total. The van der Waals surface area contributed by atoms with Gasteiger partial charge in [0.2, 0.25) is 5.95 Å². The molecule has 0 unspecified atom stereocenters. The standard InChI is InChI=1S/C21H19BrN6/c1-12-5-3-4-6-15(12)18-9-16-19-13(2)28(21-23-10-14(22)11-24-21)8-7-17(19)25-20(16)27-26-18/h3-6,9-11,13H,7-8H2,1-2H3,(H,25,27)/t13-/m1/s1. The highest BCUT2D eigenvalue weighted by Gasteiger charge is 2.29. The largest absolute Gasteiger partial charge is 0.341 e. The zero-order chi connectivity index (χ0) is 19.3. The smallest absolute Gasteiger partial charge is 0.225 e. The van der Waals surface area contributed by atoms with Crippen LogP contribution in [0.3, 0.4) is 0 Å². The fraction of sp³-hybridized carbons (Fsp3) is 0.238. The number of fused-ring (bicyclic) bond motifs is 3. The summed E-state index contributed by atoms with van der Waals surface area (Å²) >= 11 is 3.41. The number of anilines is 1. The number of rotatable bonds is 2. The summed E-state index contributed by atoms with van der Waals surface area (Å²) < 4.78 is 0.881. The molecule has 1 aliphatic rings. The van der Waals surface area contributed by atoms with Crippen LogP contribution in [0.4, 0.5) is 5.95 Å². The maximum Gasteiger partial charge on any atom is 0.225 e. The number of benzene rings is 1. The van der Waals surface area contributed by atoms with Gasteiger partial charge in [-0.3, -0.25) is 0 Å². The molecule has 0 fully saturated rings. The van der Waals surface area contributed by atoms with Crippen molar-refractivity contribution in [3.05, 3.63) is 64.0 Å². The molecule has 0 radical (unpaired) electrons. The highest BCUT2D eigenvalue weighted by Crippen LogP contribution is 2.37. The van der Waals surface area contributed by atoms with Gasteiger partial charge in [-0.2, -0.15) is 0 Å². The molecule has 4 aromatic rings. The molecule has 7 heteroatoms. The number of halogens is 1. The van der Waals surface area contributed by atoms with Gasteiger partial charge in [-0.15, -0.1) is 10.2 Å². The lowest BCUT2D eigenvalue weighted by Crippen LogP contribution is -2.34. The summed E-state index contributed by atoms with van der Waals surface area (Å²) in [5, 5.41) is 10.1. The molecule has 1 aromatic carbocycles. The van der Waals surface area contributed by atoms with E-state index in [0.29, 0.717) is 0 Å². The summed E-state index contributed by atoms with van der Waals surface area (Å²) in [6.45, 7) is 5.16. The van der Waals surface area contributed by atoms with Crippen molar-refractivity contribution in [3.63, 3.8) is 0 Å². The molecular weight excluding hydrogens is 416 g/mol. The summed E-state index contributed by atoms with van der Waals surface area (Å²) in [5.41, 5.74) is 6.54. The number of hydrogen-bond acceptors (Lipinski definition) is 5. The van der Waals surface area contributed by atoms with Crippen molar-refractivity contribution in [1.29, 1.82) is 0 Å². The number of nitrogens with zero attached hydrogens (tertiary/aromatic N) is 5. The second-order valence-corrected chi connectivity index (χ2v) is 8.06. The number of H-pyrrole nitrogens is 1. The van der Waals surface area contributed by atoms with E-state index >= 15 is 0 Å². The Morgan fingerprint density at radius 1 is 1.14 bits per heavy atom. The monoisotopic (exact) mass is 434 g/mol. The van der Waals surface area contributed by atoms with Crippen molar-refractivity contribution < 1.29 is 0 Å². The van der Waals surface area contributed by atoms with Gasteiger partial charge >= 0.3 is 0 Å². The molecule has 1 atom stereocenters. The number of hydrogen-bond donors (Lipinski definition) is 1. The van der Waals surface area contributed by atoms with Crippen LogP contribution in [0.1, 0.15) is 29.8 Å². The van der Waals surface area contributed by atoms with Gasteiger partial charge in [0.05, 0.1) is 16.2 Å². The Kier molecular flexibility index (Phi) is 4.12. The van der Waals surface area contributed by atoms with E-state index in [1.807, 2.05) is 12.1 Å². The molecule has 140 valence electrons. The molecule has 0 saturated heterocycles. The van der Waals surface area contributed by atoms with Crippen LogP contribution >= 0.6 is 15.9 Å². The minimum atomic E-state index is 0.146. The zero-order valence-electron chi connectivity index (χ0n) is 15.6. The van der Waals surface area contributed by atoms with Crippen molar-refractivity contribution in [3.8, 4) is 11.3 Å². The molecular formula is C21H19BrN6. The van der Waals surface area contributed by atoms with E-state index in [4.69, 9.17) is 0 Å². The van der Waals surface area contributed by atoms with Crippen molar-refractivity contribution in [2.45, 2.75) is 26.3 Å². The summed E-state index contributed by atoms with van der Waals surface area (Å²) in [6.07, 6.45) is 4.48. The highest BCUT2D eigenvalue weighted by molar-refractivity contribution is 9.10. The van der Waals surface area contributed by atoms with Gasteiger partial charge in [0.15, 0.2) is 5.65 Å². The van der Waals surface area contributed by atoms with Crippen LogP contribution in [-0.4, -0.2) is 31.7 Å². The number of aromatic amines is 1. The highest BCUT2D eigenvalue weighted by atomic mass is 79.9. The predicted molar refractivity (Wildman–Crippen MR) is 113 cm³/mol. The van der Waals surface area contributed by atoms with E-state index in [2.05, 4.69) is 78.0 Å². The summed E-state index contributed by atoms with van der Waals surface area (Å²) in [4.78, 5) is 14.7. The van der Waals surface area contributed by atoms with E-state index in [9.17, 15) is 0 Å². The van der Waals surface area contributed by atoms with E-state index in [0.717, 1.165) is 45.7 Å². The van der Waals surface area contributed by atoms with Crippen LogP contribution < -0.4 is 4.90 Å². The molecule has 4 heterocycles. The van der Waals surface area contributed by atoms with Crippen LogP contribution in [0.5, 0.6) is 0 Å². The molecule has 0 bridgehead atoms. The van der Waals surface area contributed by atoms with Gasteiger partial charge in [0, 0.05) is 47.6 Å². The molecule has 3 aromatic heterocycles. The Morgan fingerprint density at radius 2 is 1.93 bits per heavy atom. The van der Waals surface area contributed by atoms with Gasteiger partial charge < -0.3 is 9.88 Å². The average Bonchev–Trinajstić information content (AvgIpc) is 3.08. The predicted octanol–water partition coefficient (Wildman–Crippen LogP) is 4.61. The van der Waals surface area contributed by atoms with Crippen LogP contribution in [0.2, 0.25) is 0 Å². The normalized spacial score (nSPS) is 16.4. The van der Waals surface area contributed by atoms with E-state index in [1.54, 1.807) is 12.4 Å². The minimum Gasteiger partial charge on any atom is -0.341 e.